The molecule has 2 N–H and O–H groups in total. The van der Waals surface area contributed by atoms with E-state index in [-0.39, 0.29) is 42.2 Å². The van der Waals surface area contributed by atoms with Crippen LogP contribution in [0.1, 0.15) is 97.8 Å². The van der Waals surface area contributed by atoms with Crippen LogP contribution in [-0.4, -0.2) is 47.4 Å². The van der Waals surface area contributed by atoms with Crippen LogP contribution in [0.2, 0.25) is 5.02 Å². The number of nitriles is 1. The Hall–Kier alpha value is -4.91. The summed E-state index contributed by atoms with van der Waals surface area (Å²) in [6.07, 6.45) is 1.95. The van der Waals surface area contributed by atoms with Gasteiger partial charge >= 0.3 is 6.09 Å². The first-order valence-corrected chi connectivity index (χ1v) is 18.6. The van der Waals surface area contributed by atoms with Crippen molar-refractivity contribution < 1.29 is 23.5 Å². The van der Waals surface area contributed by atoms with E-state index in [1.807, 2.05) is 51.1 Å². The molecule has 1 aromatic heterocycles. The molecule has 53 heavy (non-hydrogen) atoms. The Morgan fingerprint density at radius 2 is 1.70 bits per heavy atom. The van der Waals surface area contributed by atoms with E-state index in [1.54, 1.807) is 29.2 Å². The number of rotatable bonds is 13. The van der Waals surface area contributed by atoms with Gasteiger partial charge in [0, 0.05) is 43.1 Å². The van der Waals surface area contributed by atoms with Gasteiger partial charge in [-0.3, -0.25) is 9.59 Å². The Labute approximate surface area is 317 Å². The number of likely N-dealkylation sites (tertiary alicyclic amines) is 1. The summed E-state index contributed by atoms with van der Waals surface area (Å²) in [5.41, 5.74) is 4.33. The van der Waals surface area contributed by atoms with Crippen molar-refractivity contribution in [3.63, 3.8) is 0 Å². The van der Waals surface area contributed by atoms with Crippen molar-refractivity contribution >= 4 is 29.4 Å². The number of aryl methyl sites for hydroxylation is 1. The number of nitrogens with one attached hydrogen (secondary N) is 2. The molecule has 10 heteroatoms. The van der Waals surface area contributed by atoms with Gasteiger partial charge in [-0.25, -0.2) is 4.79 Å². The lowest BCUT2D eigenvalue weighted by Crippen LogP contribution is -2.43. The molecule has 1 aliphatic heterocycles. The van der Waals surface area contributed by atoms with Crippen LogP contribution < -0.4 is 10.6 Å². The molecule has 1 fully saturated rings. The normalized spacial score (nSPS) is 14.6. The summed E-state index contributed by atoms with van der Waals surface area (Å²) in [6.45, 7) is 11.1. The van der Waals surface area contributed by atoms with Crippen molar-refractivity contribution in [2.45, 2.75) is 91.0 Å². The minimum absolute atomic E-state index is 0.115. The van der Waals surface area contributed by atoms with Crippen LogP contribution in [0.3, 0.4) is 0 Å². The zero-order valence-corrected chi connectivity index (χ0v) is 32.0. The van der Waals surface area contributed by atoms with Crippen LogP contribution in [0, 0.1) is 24.2 Å². The first kappa shape index (κ1) is 39.3. The minimum atomic E-state index is -0.579. The maximum absolute atomic E-state index is 13.8. The van der Waals surface area contributed by atoms with Crippen LogP contribution in [0.5, 0.6) is 0 Å². The largest absolute Gasteiger partial charge is 0.460 e. The highest BCUT2D eigenvalue weighted by atomic mass is 35.5. The molecule has 0 aliphatic carbocycles. The highest BCUT2D eigenvalue weighted by molar-refractivity contribution is 6.34. The Morgan fingerprint density at radius 1 is 1.00 bits per heavy atom. The van der Waals surface area contributed by atoms with Gasteiger partial charge in [-0.2, -0.15) is 5.26 Å². The molecule has 0 saturated carbocycles. The number of halogens is 1. The molecular formula is C43H49ClN4O5. The smallest absolute Gasteiger partial charge is 0.410 e. The lowest BCUT2D eigenvalue weighted by molar-refractivity contribution is -0.124. The van der Waals surface area contributed by atoms with Gasteiger partial charge in [-0.15, -0.1) is 0 Å². The topological polar surface area (TPSA) is 125 Å². The van der Waals surface area contributed by atoms with Gasteiger partial charge in [0.1, 0.15) is 22.9 Å². The first-order chi connectivity index (χ1) is 25.3. The molecule has 9 nitrogen and oxygen atoms in total. The number of Topliss-reactive ketones (excluding diaryl/α,β-unsaturated/α-hetero) is 1. The van der Waals surface area contributed by atoms with Crippen molar-refractivity contribution in [2.24, 2.45) is 5.92 Å². The van der Waals surface area contributed by atoms with E-state index in [0.29, 0.717) is 72.8 Å². The summed E-state index contributed by atoms with van der Waals surface area (Å²) in [4.78, 5) is 41.4. The second kappa shape index (κ2) is 17.7. The number of carbonyl (C=O) groups is 3. The second-order valence-corrected chi connectivity index (χ2v) is 15.3. The Kier molecular flexibility index (Phi) is 13.2. The van der Waals surface area contributed by atoms with E-state index in [4.69, 9.17) is 20.8 Å². The summed E-state index contributed by atoms with van der Waals surface area (Å²) in [7, 11) is 0. The molecule has 0 bridgehead atoms. The number of benzene rings is 3. The number of furan rings is 1. The standard InChI is InChI=1S/C43H49ClN4O5/c1-28-6-12-32(13-7-28)29(2)46-27-36-16-19-40(52-36)34-14-17-38(44)37(25-34)41(50)47-35(24-30-8-10-31(26-45)11-9-30)15-18-39(49)33-20-22-48(23-21-33)42(51)53-43(3,4)5/h6-14,16-17,19,25,29,33,35,46H,15,18,20-24,27H2,1-5H3,(H,47,50)/t29-,35+/m1/s1. The van der Waals surface area contributed by atoms with Gasteiger partial charge in [0.15, 0.2) is 0 Å². The fraction of sp³-hybridized carbons (Fsp3) is 0.395. The van der Waals surface area contributed by atoms with E-state index in [0.717, 1.165) is 11.3 Å². The average Bonchev–Trinajstić information content (AvgIpc) is 3.62. The van der Waals surface area contributed by atoms with Gasteiger partial charge in [-0.05, 0) is 114 Å². The third-order valence-electron chi connectivity index (χ3n) is 9.56. The summed E-state index contributed by atoms with van der Waals surface area (Å²) in [5, 5.41) is 16.2. The van der Waals surface area contributed by atoms with Crippen molar-refractivity contribution in [1.29, 1.82) is 5.26 Å². The molecule has 2 amide bonds. The van der Waals surface area contributed by atoms with E-state index in [2.05, 4.69) is 54.8 Å². The fourth-order valence-electron chi connectivity index (χ4n) is 6.43. The van der Waals surface area contributed by atoms with E-state index in [9.17, 15) is 19.6 Å². The molecule has 1 saturated heterocycles. The maximum atomic E-state index is 13.8. The Bertz CT molecular complexity index is 1920. The number of ketones is 1. The van der Waals surface area contributed by atoms with E-state index in [1.165, 1.54) is 11.1 Å². The molecule has 5 rings (SSSR count). The summed E-state index contributed by atoms with van der Waals surface area (Å²) >= 11 is 6.59. The molecule has 0 unspecified atom stereocenters. The lowest BCUT2D eigenvalue weighted by Gasteiger charge is -2.33. The zero-order chi connectivity index (χ0) is 38.1. The van der Waals surface area contributed by atoms with Crippen LogP contribution in [0.4, 0.5) is 4.79 Å². The number of ether oxygens (including phenoxy) is 1. The van der Waals surface area contributed by atoms with Crippen molar-refractivity contribution in [3.8, 4) is 17.4 Å². The predicted molar refractivity (Wildman–Crippen MR) is 206 cm³/mol. The third-order valence-corrected chi connectivity index (χ3v) is 9.89. The van der Waals surface area contributed by atoms with E-state index >= 15 is 0 Å². The zero-order valence-electron chi connectivity index (χ0n) is 31.2. The molecule has 2 heterocycles. The van der Waals surface area contributed by atoms with Gasteiger partial charge < -0.3 is 24.7 Å². The number of nitrogens with zero attached hydrogens (tertiary/aromatic N) is 2. The van der Waals surface area contributed by atoms with Crippen LogP contribution in [0.15, 0.2) is 83.3 Å². The third kappa shape index (κ3) is 11.3. The van der Waals surface area contributed by atoms with Crippen LogP contribution in [-0.2, 0) is 22.5 Å². The van der Waals surface area contributed by atoms with Crippen LogP contribution >= 0.6 is 11.6 Å². The predicted octanol–water partition coefficient (Wildman–Crippen LogP) is 8.97. The summed E-state index contributed by atoms with van der Waals surface area (Å²) in [5.74, 6) is 0.985. The first-order valence-electron chi connectivity index (χ1n) is 18.3. The van der Waals surface area contributed by atoms with Gasteiger partial charge in [-0.1, -0.05) is 53.6 Å². The highest BCUT2D eigenvalue weighted by Gasteiger charge is 2.30. The molecular weight excluding hydrogens is 688 g/mol. The van der Waals surface area contributed by atoms with Crippen molar-refractivity contribution in [1.82, 2.24) is 15.5 Å². The van der Waals surface area contributed by atoms with Crippen LogP contribution in [0.25, 0.3) is 11.3 Å². The van der Waals surface area contributed by atoms with Gasteiger partial charge in [0.2, 0.25) is 0 Å². The van der Waals surface area contributed by atoms with E-state index < -0.39 is 5.60 Å². The lowest BCUT2D eigenvalue weighted by atomic mass is 9.89. The van der Waals surface area contributed by atoms with Crippen molar-refractivity contribution in [2.75, 3.05) is 13.1 Å². The maximum Gasteiger partial charge on any atom is 0.410 e. The summed E-state index contributed by atoms with van der Waals surface area (Å²) in [6, 6.07) is 26.6. The van der Waals surface area contributed by atoms with Gasteiger partial charge in [0.05, 0.1) is 28.8 Å². The number of amides is 2. The highest BCUT2D eigenvalue weighted by Crippen LogP contribution is 2.28. The van der Waals surface area contributed by atoms with Gasteiger partial charge in [0.25, 0.3) is 5.91 Å². The number of hydrogen-bond donors (Lipinski definition) is 2. The van der Waals surface area contributed by atoms with Crippen molar-refractivity contribution in [3.05, 3.63) is 117 Å². The molecule has 4 aromatic rings. The monoisotopic (exact) mass is 736 g/mol. The molecule has 2 atom stereocenters. The molecule has 3 aromatic carbocycles. The molecule has 1 aliphatic rings. The Morgan fingerprint density at radius 3 is 2.36 bits per heavy atom. The molecule has 0 radical (unpaired) electrons. The quantitative estimate of drug-likeness (QED) is 0.140. The summed E-state index contributed by atoms with van der Waals surface area (Å²) < 4.78 is 11.7. The molecule has 278 valence electrons. The second-order valence-electron chi connectivity index (χ2n) is 14.9. The number of carbonyl (C=O) groups excluding carboxylic acids is 3. The average molecular weight is 737 g/mol. The fourth-order valence-corrected chi connectivity index (χ4v) is 6.63. The Balaban J connectivity index is 1.23. The minimum Gasteiger partial charge on any atom is -0.460 e. The number of piperidine rings is 1. The number of hydrogen-bond acceptors (Lipinski definition) is 7. The SMILES string of the molecule is Cc1ccc([C@@H](C)NCc2ccc(-c3ccc(Cl)c(C(=O)N[C@@H](CCC(=O)C4CCN(C(=O)OC(C)(C)C)CC4)Cc4ccc(C#N)cc4)c3)o2)cc1. The molecule has 0 spiro atoms.